The Labute approximate surface area is 274 Å². The maximum Gasteiger partial charge on any atom is 0.374 e. The fraction of sp³-hybridized carbons (Fsp3) is 0.286. The molecular formula is C35H35N2O8S2-. The minimum Gasteiger partial charge on any atom is -0.748 e. The predicted octanol–water partition coefficient (Wildman–Crippen LogP) is 6.21. The monoisotopic (exact) mass is 675 g/mol. The van der Waals surface area contributed by atoms with Gasteiger partial charge in [0.2, 0.25) is 11.5 Å². The van der Waals surface area contributed by atoms with Gasteiger partial charge in [-0.15, -0.1) is 0 Å². The second-order valence-corrected chi connectivity index (χ2v) is 14.7. The first-order valence-corrected chi connectivity index (χ1v) is 18.8. The van der Waals surface area contributed by atoms with Crippen molar-refractivity contribution in [2.45, 2.75) is 45.6 Å². The molecule has 1 aliphatic heterocycles. The van der Waals surface area contributed by atoms with Crippen LogP contribution in [0.3, 0.4) is 0 Å². The van der Waals surface area contributed by atoms with E-state index < -0.39 is 31.7 Å². The van der Waals surface area contributed by atoms with Gasteiger partial charge in [-0.1, -0.05) is 55.5 Å². The van der Waals surface area contributed by atoms with E-state index in [2.05, 4.69) is 0 Å². The smallest absolute Gasteiger partial charge is 0.374 e. The molecule has 0 amide bonds. The summed E-state index contributed by atoms with van der Waals surface area (Å²) >= 11 is 0. The molecule has 47 heavy (non-hydrogen) atoms. The Morgan fingerprint density at radius 1 is 0.809 bits per heavy atom. The lowest BCUT2D eigenvalue weighted by atomic mass is 10.1. The largest absolute Gasteiger partial charge is 0.748 e. The van der Waals surface area contributed by atoms with E-state index in [1.54, 1.807) is 0 Å². The lowest BCUT2D eigenvalue weighted by Crippen LogP contribution is -2.35. The molecular weight excluding hydrogens is 641 g/mol. The van der Waals surface area contributed by atoms with Crippen molar-refractivity contribution in [1.82, 2.24) is 0 Å². The van der Waals surface area contributed by atoms with E-state index in [9.17, 15) is 25.9 Å². The van der Waals surface area contributed by atoms with E-state index in [0.717, 1.165) is 38.3 Å². The number of fused-ring (bicyclic) bond motifs is 4. The SMILES string of the molecule is CCC(=C/c1oc2cc3ccccc3cc2[n+]1CCCCS(=O)(=O)[O-])/C=C1/Oc2cc3ccccc3cc2N1CCCCS(=O)(=O)[O-]. The van der Waals surface area contributed by atoms with Crippen LogP contribution in [0.4, 0.5) is 5.69 Å². The number of allylic oxidation sites excluding steroid dienone is 2. The summed E-state index contributed by atoms with van der Waals surface area (Å²) in [5.41, 5.74) is 3.29. The number of hydrogen-bond donors (Lipinski definition) is 0. The van der Waals surface area contributed by atoms with Gasteiger partial charge in [0.15, 0.2) is 12.3 Å². The van der Waals surface area contributed by atoms with E-state index in [1.165, 1.54) is 0 Å². The zero-order chi connectivity index (χ0) is 33.2. The number of aromatic nitrogens is 1. The van der Waals surface area contributed by atoms with Crippen LogP contribution in [0.2, 0.25) is 0 Å². The first kappa shape index (κ1) is 32.7. The standard InChI is InChI=1S/C35H36N2O8S2/c1-2-25(19-34-36(15-7-9-17-46(38,39)40)30-21-26-11-3-5-13-28(26)23-32(30)44-34)20-35-37(16-8-10-18-47(41,42)43)31-22-27-12-4-6-14-29(27)24-33(31)45-35/h3-6,11-14,19-24H,2,7-10,15-18H2,1H3,(H-,38,39,40,41,42,43)/p-1. The van der Waals surface area contributed by atoms with Crippen LogP contribution in [-0.4, -0.2) is 44.0 Å². The molecule has 0 saturated heterocycles. The van der Waals surface area contributed by atoms with Crippen molar-refractivity contribution in [3.63, 3.8) is 0 Å². The van der Waals surface area contributed by atoms with Gasteiger partial charge in [0.25, 0.3) is 5.52 Å². The van der Waals surface area contributed by atoms with Crippen LogP contribution in [0.1, 0.15) is 44.9 Å². The van der Waals surface area contributed by atoms with Gasteiger partial charge in [0.1, 0.15) is 0 Å². The first-order valence-electron chi connectivity index (χ1n) is 15.6. The third-order valence-electron chi connectivity index (χ3n) is 8.28. The van der Waals surface area contributed by atoms with Gasteiger partial charge in [-0.05, 0) is 71.0 Å². The Kier molecular flexibility index (Phi) is 9.38. The third kappa shape index (κ3) is 7.84. The Morgan fingerprint density at radius 3 is 2.04 bits per heavy atom. The summed E-state index contributed by atoms with van der Waals surface area (Å²) in [6.45, 7) is 2.91. The normalized spacial score (nSPS) is 14.8. The van der Waals surface area contributed by atoms with Crippen LogP contribution < -0.4 is 14.2 Å². The number of hydrogen-bond acceptors (Lipinski definition) is 9. The lowest BCUT2D eigenvalue weighted by Gasteiger charge is -2.19. The average molecular weight is 676 g/mol. The highest BCUT2D eigenvalue weighted by atomic mass is 32.2. The number of benzene rings is 4. The summed E-state index contributed by atoms with van der Waals surface area (Å²) in [7, 11) is -8.61. The van der Waals surface area contributed by atoms with Crippen LogP contribution >= 0.6 is 0 Å². The van der Waals surface area contributed by atoms with E-state index in [-0.39, 0.29) is 12.8 Å². The molecule has 0 aliphatic carbocycles. The average Bonchev–Trinajstić information content (AvgIpc) is 3.53. The van der Waals surface area contributed by atoms with Crippen LogP contribution in [0.5, 0.6) is 5.75 Å². The summed E-state index contributed by atoms with van der Waals surface area (Å²) in [5, 5.41) is 4.12. The summed E-state index contributed by atoms with van der Waals surface area (Å²) in [6.07, 6.45) is 5.90. The molecule has 0 N–H and O–H groups in total. The number of aryl methyl sites for hydroxylation is 1. The molecule has 0 bridgehead atoms. The molecule has 2 heterocycles. The molecule has 0 atom stereocenters. The van der Waals surface area contributed by atoms with Gasteiger partial charge in [0, 0.05) is 36.6 Å². The molecule has 1 aliphatic rings. The third-order valence-corrected chi connectivity index (χ3v) is 9.85. The molecule has 12 heteroatoms. The zero-order valence-electron chi connectivity index (χ0n) is 25.9. The molecule has 0 radical (unpaired) electrons. The molecule has 0 unspecified atom stereocenters. The first-order chi connectivity index (χ1) is 22.5. The van der Waals surface area contributed by atoms with Crippen LogP contribution in [-0.2, 0) is 26.8 Å². The molecule has 5 aromatic rings. The lowest BCUT2D eigenvalue weighted by molar-refractivity contribution is -0.678. The van der Waals surface area contributed by atoms with Crippen molar-refractivity contribution >= 4 is 64.6 Å². The number of ether oxygens (including phenoxy) is 1. The maximum absolute atomic E-state index is 11.2. The Balaban J connectivity index is 1.37. The second kappa shape index (κ2) is 13.5. The van der Waals surface area contributed by atoms with Crippen molar-refractivity contribution in [2.75, 3.05) is 23.0 Å². The van der Waals surface area contributed by atoms with Gasteiger partial charge in [-0.3, -0.25) is 0 Å². The fourth-order valence-electron chi connectivity index (χ4n) is 5.91. The van der Waals surface area contributed by atoms with E-state index >= 15 is 0 Å². The predicted molar refractivity (Wildman–Crippen MR) is 180 cm³/mol. The highest BCUT2D eigenvalue weighted by Gasteiger charge is 2.28. The topological polar surface area (TPSA) is 144 Å². The summed E-state index contributed by atoms with van der Waals surface area (Å²) in [4.78, 5) is 2.01. The Hall–Kier alpha value is -4.23. The molecule has 0 fully saturated rings. The van der Waals surface area contributed by atoms with Crippen molar-refractivity contribution in [2.24, 2.45) is 0 Å². The molecule has 246 valence electrons. The fourth-order valence-corrected chi connectivity index (χ4v) is 7.02. The Bertz CT molecular complexity index is 2240. The van der Waals surface area contributed by atoms with Crippen molar-refractivity contribution in [3.8, 4) is 5.75 Å². The number of rotatable bonds is 13. The van der Waals surface area contributed by atoms with Gasteiger partial charge in [0.05, 0.1) is 32.0 Å². The summed E-state index contributed by atoms with van der Waals surface area (Å²) in [6, 6.07) is 24.0. The van der Waals surface area contributed by atoms with Crippen molar-refractivity contribution in [1.29, 1.82) is 0 Å². The quantitative estimate of drug-likeness (QED) is 0.0808. The van der Waals surface area contributed by atoms with Crippen LogP contribution in [0.25, 0.3) is 38.7 Å². The number of nitrogens with zero attached hydrogens (tertiary/aromatic N) is 2. The van der Waals surface area contributed by atoms with E-state index in [1.807, 2.05) is 101 Å². The molecule has 10 nitrogen and oxygen atoms in total. The van der Waals surface area contributed by atoms with Crippen molar-refractivity contribution < 1.29 is 39.7 Å². The number of anilines is 1. The van der Waals surface area contributed by atoms with Crippen LogP contribution in [0, 0.1) is 0 Å². The second-order valence-electron chi connectivity index (χ2n) is 11.7. The minimum absolute atomic E-state index is 0.232. The minimum atomic E-state index is -4.31. The summed E-state index contributed by atoms with van der Waals surface area (Å²) in [5.74, 6) is 0.978. The molecule has 1 aromatic heterocycles. The van der Waals surface area contributed by atoms with Gasteiger partial charge >= 0.3 is 5.89 Å². The maximum atomic E-state index is 11.2. The Morgan fingerprint density at radius 2 is 1.40 bits per heavy atom. The van der Waals surface area contributed by atoms with E-state index in [4.69, 9.17) is 9.15 Å². The van der Waals surface area contributed by atoms with Crippen molar-refractivity contribution in [3.05, 3.63) is 96.2 Å². The van der Waals surface area contributed by atoms with E-state index in [0.29, 0.717) is 55.5 Å². The zero-order valence-corrected chi connectivity index (χ0v) is 27.6. The van der Waals surface area contributed by atoms with Gasteiger partial charge in [-0.2, -0.15) is 4.57 Å². The summed E-state index contributed by atoms with van der Waals surface area (Å²) < 4.78 is 82.1. The van der Waals surface area contributed by atoms with Crippen LogP contribution in [0.15, 0.2) is 94.7 Å². The highest BCUT2D eigenvalue weighted by Crippen LogP contribution is 2.42. The molecule has 0 saturated carbocycles. The molecule has 6 rings (SSSR count). The molecule has 0 spiro atoms. The number of oxazole rings is 1. The number of unbranched alkanes of at least 4 members (excludes halogenated alkanes) is 2. The highest BCUT2D eigenvalue weighted by molar-refractivity contribution is 7.85. The molecule has 4 aromatic carbocycles. The van der Waals surface area contributed by atoms with Gasteiger partial charge in [-0.25, -0.2) is 16.8 Å². The van der Waals surface area contributed by atoms with Gasteiger partial charge < -0.3 is 23.2 Å².